The van der Waals surface area contributed by atoms with Crippen LogP contribution in [0.5, 0.6) is 0 Å². The molecule has 2 N–H and O–H groups in total. The van der Waals surface area contributed by atoms with Crippen molar-refractivity contribution in [3.63, 3.8) is 0 Å². The fraction of sp³-hybridized carbons (Fsp3) is 0.600. The number of alkyl halides is 3. The van der Waals surface area contributed by atoms with Gasteiger partial charge in [0.15, 0.2) is 0 Å². The average Bonchev–Trinajstić information content (AvgIpc) is 3.45. The van der Waals surface area contributed by atoms with Gasteiger partial charge in [0.05, 0.1) is 5.56 Å². The number of hydrogen-bond donors (Lipinski definition) is 2. The summed E-state index contributed by atoms with van der Waals surface area (Å²) in [6.07, 6.45) is -0.318. The van der Waals surface area contributed by atoms with E-state index in [2.05, 4.69) is 10.6 Å². The van der Waals surface area contributed by atoms with Crippen LogP contribution in [0.1, 0.15) is 44.6 Å². The van der Waals surface area contributed by atoms with Gasteiger partial charge in [0, 0.05) is 31.2 Å². The van der Waals surface area contributed by atoms with Crippen LogP contribution in [0, 0.1) is 11.8 Å². The summed E-state index contributed by atoms with van der Waals surface area (Å²) in [6, 6.07) is 4.56. The zero-order valence-corrected chi connectivity index (χ0v) is 15.9. The minimum Gasteiger partial charge on any atom is -0.353 e. The molecule has 1 heterocycles. The maximum Gasteiger partial charge on any atom is 0.416 e. The molecule has 2 fully saturated rings. The van der Waals surface area contributed by atoms with Crippen LogP contribution in [0.2, 0.25) is 0 Å². The molecular weight excluding hydrogens is 371 g/mol. The van der Waals surface area contributed by atoms with Crippen molar-refractivity contribution in [1.29, 1.82) is 0 Å². The van der Waals surface area contributed by atoms with E-state index >= 15 is 0 Å². The van der Waals surface area contributed by atoms with Crippen molar-refractivity contribution >= 4 is 17.6 Å². The maximum atomic E-state index is 12.8. The predicted octanol–water partition coefficient (Wildman–Crippen LogP) is 4.25. The summed E-state index contributed by atoms with van der Waals surface area (Å²) in [6.45, 7) is 3.02. The van der Waals surface area contributed by atoms with E-state index in [1.807, 2.05) is 6.92 Å². The molecule has 0 unspecified atom stereocenters. The zero-order valence-electron chi connectivity index (χ0n) is 15.9. The minimum absolute atomic E-state index is 0.0767. The molecule has 1 aliphatic heterocycles. The van der Waals surface area contributed by atoms with Crippen LogP contribution in [-0.4, -0.2) is 36.0 Å². The molecule has 2 aliphatic rings. The summed E-state index contributed by atoms with van der Waals surface area (Å²) < 4.78 is 38.5. The molecule has 8 heteroatoms. The second-order valence-corrected chi connectivity index (χ2v) is 7.72. The van der Waals surface area contributed by atoms with Crippen molar-refractivity contribution in [2.75, 3.05) is 18.4 Å². The highest BCUT2D eigenvalue weighted by Gasteiger charge is 2.34. The third kappa shape index (κ3) is 5.39. The van der Waals surface area contributed by atoms with Gasteiger partial charge in [0.2, 0.25) is 5.91 Å². The number of benzene rings is 1. The number of urea groups is 1. The summed E-state index contributed by atoms with van der Waals surface area (Å²) in [7, 11) is 0. The van der Waals surface area contributed by atoms with E-state index in [0.717, 1.165) is 31.4 Å². The van der Waals surface area contributed by atoms with Gasteiger partial charge in [-0.3, -0.25) is 4.79 Å². The van der Waals surface area contributed by atoms with E-state index in [1.54, 1.807) is 4.90 Å². The number of likely N-dealkylation sites (tertiary alicyclic amines) is 1. The molecule has 1 saturated heterocycles. The van der Waals surface area contributed by atoms with Crippen molar-refractivity contribution < 1.29 is 22.8 Å². The molecule has 2 atom stereocenters. The average molecular weight is 397 g/mol. The van der Waals surface area contributed by atoms with Gasteiger partial charge in [-0.15, -0.1) is 0 Å². The van der Waals surface area contributed by atoms with Crippen molar-refractivity contribution in [2.45, 2.75) is 51.2 Å². The van der Waals surface area contributed by atoms with Crippen LogP contribution in [0.4, 0.5) is 23.7 Å². The lowest BCUT2D eigenvalue weighted by atomic mass is 9.81. The molecule has 0 aromatic heterocycles. The second-order valence-electron chi connectivity index (χ2n) is 7.72. The molecular formula is C20H26F3N3O2. The Balaban J connectivity index is 1.56. The Hall–Kier alpha value is -2.25. The number of amides is 3. The van der Waals surface area contributed by atoms with Gasteiger partial charge in [-0.25, -0.2) is 4.79 Å². The third-order valence-electron chi connectivity index (χ3n) is 5.53. The van der Waals surface area contributed by atoms with Gasteiger partial charge in [-0.2, -0.15) is 13.2 Å². The van der Waals surface area contributed by atoms with Crippen LogP contribution >= 0.6 is 0 Å². The number of hydrogen-bond acceptors (Lipinski definition) is 2. The molecule has 154 valence electrons. The first kappa shape index (κ1) is 20.5. The van der Waals surface area contributed by atoms with E-state index < -0.39 is 17.8 Å². The Bertz CT molecular complexity index is 719. The molecule has 0 radical (unpaired) electrons. The van der Waals surface area contributed by atoms with Gasteiger partial charge >= 0.3 is 12.2 Å². The van der Waals surface area contributed by atoms with E-state index in [-0.39, 0.29) is 23.4 Å². The third-order valence-corrected chi connectivity index (χ3v) is 5.53. The molecule has 3 amide bonds. The summed E-state index contributed by atoms with van der Waals surface area (Å²) >= 11 is 0. The van der Waals surface area contributed by atoms with Crippen molar-refractivity contribution in [1.82, 2.24) is 10.2 Å². The van der Waals surface area contributed by atoms with Crippen LogP contribution in [0.15, 0.2) is 24.3 Å². The van der Waals surface area contributed by atoms with E-state index in [1.165, 1.54) is 12.1 Å². The van der Waals surface area contributed by atoms with E-state index in [0.29, 0.717) is 32.0 Å². The molecule has 3 rings (SSSR count). The first-order valence-electron chi connectivity index (χ1n) is 9.78. The Morgan fingerprint density at radius 2 is 1.93 bits per heavy atom. The number of carbonyl (C=O) groups is 2. The van der Waals surface area contributed by atoms with E-state index in [9.17, 15) is 22.8 Å². The van der Waals surface area contributed by atoms with Gasteiger partial charge < -0.3 is 15.5 Å². The highest BCUT2D eigenvalue weighted by Crippen LogP contribution is 2.32. The fourth-order valence-corrected chi connectivity index (χ4v) is 3.72. The Kier molecular flexibility index (Phi) is 6.15. The molecule has 1 aromatic rings. The van der Waals surface area contributed by atoms with Gasteiger partial charge in [-0.1, -0.05) is 19.4 Å². The number of nitrogens with one attached hydrogen (secondary N) is 2. The number of nitrogens with zero attached hydrogens (tertiary/aromatic N) is 1. The van der Waals surface area contributed by atoms with E-state index in [4.69, 9.17) is 0 Å². The normalized spacial score (nSPS) is 22.6. The quantitative estimate of drug-likeness (QED) is 0.780. The highest BCUT2D eigenvalue weighted by molar-refractivity contribution is 5.89. The first-order chi connectivity index (χ1) is 13.3. The lowest BCUT2D eigenvalue weighted by molar-refractivity contribution is -0.137. The molecule has 1 saturated carbocycles. The molecule has 0 bridgehead atoms. The molecule has 28 heavy (non-hydrogen) atoms. The van der Waals surface area contributed by atoms with Crippen molar-refractivity contribution in [3.05, 3.63) is 29.8 Å². The first-order valence-corrected chi connectivity index (χ1v) is 9.78. The molecule has 1 aliphatic carbocycles. The smallest absolute Gasteiger partial charge is 0.353 e. The van der Waals surface area contributed by atoms with Crippen LogP contribution in [-0.2, 0) is 11.0 Å². The molecule has 5 nitrogen and oxygen atoms in total. The van der Waals surface area contributed by atoms with Gasteiger partial charge in [0.1, 0.15) is 0 Å². The SMILES string of the molecule is CC[C@H]1CN(C(=O)Nc2cccc(C(F)(F)F)c2)CC[C@H]1CC(=O)NC1CC1. The monoisotopic (exact) mass is 397 g/mol. The van der Waals surface area contributed by atoms with Gasteiger partial charge in [0.25, 0.3) is 0 Å². The van der Waals surface area contributed by atoms with Crippen molar-refractivity contribution in [2.24, 2.45) is 11.8 Å². The van der Waals surface area contributed by atoms with Crippen LogP contribution in [0.3, 0.4) is 0 Å². The molecule has 1 aromatic carbocycles. The van der Waals surface area contributed by atoms with Crippen LogP contribution in [0.25, 0.3) is 0 Å². The second kappa shape index (κ2) is 8.41. The lowest BCUT2D eigenvalue weighted by Gasteiger charge is -2.38. The highest BCUT2D eigenvalue weighted by atomic mass is 19.4. The number of halogens is 3. The summed E-state index contributed by atoms with van der Waals surface area (Å²) in [4.78, 5) is 26.3. The topological polar surface area (TPSA) is 61.4 Å². The summed E-state index contributed by atoms with van der Waals surface area (Å²) in [5.74, 6) is 0.500. The Morgan fingerprint density at radius 1 is 1.18 bits per heavy atom. The Morgan fingerprint density at radius 3 is 2.57 bits per heavy atom. The number of anilines is 1. The number of carbonyl (C=O) groups excluding carboxylic acids is 2. The maximum absolute atomic E-state index is 12.8. The van der Waals surface area contributed by atoms with Crippen LogP contribution < -0.4 is 10.6 Å². The number of piperidine rings is 1. The summed E-state index contributed by atoms with van der Waals surface area (Å²) in [5.41, 5.74) is -0.670. The largest absolute Gasteiger partial charge is 0.416 e. The standard InChI is InChI=1S/C20H26F3N3O2/c1-2-13-12-26(9-8-14(13)10-18(27)24-16-6-7-16)19(28)25-17-5-3-4-15(11-17)20(21,22)23/h3-5,11,13-14,16H,2,6-10,12H2,1H3,(H,24,27)(H,25,28)/t13-,14-/m0/s1. The Labute approximate surface area is 162 Å². The fourth-order valence-electron chi connectivity index (χ4n) is 3.72. The zero-order chi connectivity index (χ0) is 20.3. The minimum atomic E-state index is -4.45. The van der Waals surface area contributed by atoms with Gasteiger partial charge in [-0.05, 0) is 49.3 Å². The molecule has 0 spiro atoms. The predicted molar refractivity (Wildman–Crippen MR) is 99.7 cm³/mol. The lowest BCUT2D eigenvalue weighted by Crippen LogP contribution is -2.46. The van der Waals surface area contributed by atoms with Crippen molar-refractivity contribution in [3.8, 4) is 0 Å². The summed E-state index contributed by atoms with van der Waals surface area (Å²) in [5, 5.41) is 5.57. The number of rotatable bonds is 5.